The second-order valence-corrected chi connectivity index (χ2v) is 17.3. The fourth-order valence-corrected chi connectivity index (χ4v) is 9.78. The molecule has 0 saturated carbocycles. The molecule has 5 aromatic carbocycles. The highest BCUT2D eigenvalue weighted by Gasteiger charge is 2.34. The van der Waals surface area contributed by atoms with Gasteiger partial charge in [-0.15, -0.1) is 4.72 Å². The maximum Gasteiger partial charge on any atom is 0.136 e. The number of fused-ring (bicyclic) bond motifs is 1. The monoisotopic (exact) mass is 657 g/mol. The van der Waals surface area contributed by atoms with Gasteiger partial charge < -0.3 is 4.55 Å². The molecule has 1 aromatic heterocycles. The molecule has 0 spiro atoms. The standard InChI is InChI=1S/C39H39N2OPS2.B/c1-39(2,3)45(42)40-38(30-18-8-4-9-19-30)37-34-26-16-17-27-35(34)41(44-33-24-14-7-15-25-33)36(37)28-29-43(31-20-10-5-11-21-31)32-22-12-6-13-23-32;/h4-27,38,40H,28-29H2,1-3H3;. The lowest BCUT2D eigenvalue weighted by Crippen LogP contribution is -2.41. The largest absolute Gasteiger partial charge is 0.598 e. The van der Waals surface area contributed by atoms with Crippen molar-refractivity contribution in [3.05, 3.63) is 162 Å². The third-order valence-electron chi connectivity index (χ3n) is 7.82. The lowest BCUT2D eigenvalue weighted by molar-refractivity contribution is 0.535. The van der Waals surface area contributed by atoms with Crippen LogP contribution >= 0.6 is 19.9 Å². The molecule has 231 valence electrons. The molecule has 0 aliphatic rings. The van der Waals surface area contributed by atoms with Gasteiger partial charge in [-0.1, -0.05) is 127 Å². The van der Waals surface area contributed by atoms with Crippen LogP contribution in [0.25, 0.3) is 10.9 Å². The topological polar surface area (TPSA) is 40.0 Å². The van der Waals surface area contributed by atoms with E-state index in [1.165, 1.54) is 37.7 Å². The predicted molar refractivity (Wildman–Crippen MR) is 202 cm³/mol. The second kappa shape index (κ2) is 15.6. The van der Waals surface area contributed by atoms with Gasteiger partial charge in [0.2, 0.25) is 0 Å². The number of nitrogens with one attached hydrogen (secondary N) is 1. The first kappa shape index (κ1) is 34.1. The third-order valence-corrected chi connectivity index (χ3v) is 13.0. The Kier molecular flexibility index (Phi) is 11.5. The van der Waals surface area contributed by atoms with Crippen LogP contribution in [-0.2, 0) is 17.8 Å². The van der Waals surface area contributed by atoms with Crippen LogP contribution in [0.3, 0.4) is 0 Å². The maximum absolute atomic E-state index is 13.8. The Morgan fingerprint density at radius 1 is 0.717 bits per heavy atom. The molecule has 6 aromatic rings. The smallest absolute Gasteiger partial charge is 0.136 e. The SMILES string of the molecule is CC(C)(C)[S+]([O-])NC(c1ccccc1)c1c(CCP(c2ccccc2)c2ccccc2)n(Sc2ccccc2)c2ccccc12.[B]. The number of hydrogen-bond acceptors (Lipinski definition) is 3. The van der Waals surface area contributed by atoms with Crippen LogP contribution in [0.1, 0.15) is 43.6 Å². The fourth-order valence-electron chi connectivity index (χ4n) is 5.60. The second-order valence-electron chi connectivity index (χ2n) is 12.0. The number of nitrogens with zero attached hydrogens (tertiary/aromatic N) is 1. The summed E-state index contributed by atoms with van der Waals surface area (Å²) in [7, 11) is -0.600. The van der Waals surface area contributed by atoms with E-state index in [9.17, 15) is 4.55 Å². The van der Waals surface area contributed by atoms with Crippen molar-refractivity contribution in [1.82, 2.24) is 8.69 Å². The summed E-state index contributed by atoms with van der Waals surface area (Å²) in [5.74, 6) is 0. The molecule has 1 heterocycles. The van der Waals surface area contributed by atoms with Gasteiger partial charge in [-0.05, 0) is 87.6 Å². The minimum absolute atomic E-state index is 0. The van der Waals surface area contributed by atoms with Gasteiger partial charge in [0.1, 0.15) is 10.8 Å². The van der Waals surface area contributed by atoms with Gasteiger partial charge in [0.25, 0.3) is 0 Å². The zero-order chi connectivity index (χ0) is 31.2. The quantitative estimate of drug-likeness (QED) is 0.0862. The molecule has 3 nitrogen and oxygen atoms in total. The van der Waals surface area contributed by atoms with Crippen LogP contribution in [0.5, 0.6) is 0 Å². The first-order valence-electron chi connectivity index (χ1n) is 15.4. The highest BCUT2D eigenvalue weighted by molar-refractivity contribution is 7.98. The van der Waals surface area contributed by atoms with Crippen molar-refractivity contribution in [2.45, 2.75) is 42.9 Å². The summed E-state index contributed by atoms with van der Waals surface area (Å²) in [5.41, 5.74) is 4.74. The Labute approximate surface area is 284 Å². The molecular formula is C39H39BN2OPS2. The molecule has 3 radical (unpaired) electrons. The van der Waals surface area contributed by atoms with Gasteiger partial charge in [-0.25, -0.2) is 0 Å². The molecule has 1 N–H and O–H groups in total. The van der Waals surface area contributed by atoms with Gasteiger partial charge in [-0.3, -0.25) is 3.97 Å². The normalized spacial score (nSPS) is 13.0. The average molecular weight is 658 g/mol. The maximum atomic E-state index is 13.8. The molecule has 46 heavy (non-hydrogen) atoms. The van der Waals surface area contributed by atoms with Crippen molar-refractivity contribution in [3.63, 3.8) is 0 Å². The molecule has 0 aliphatic carbocycles. The molecule has 2 unspecified atom stereocenters. The Hall–Kier alpha value is -3.25. The summed E-state index contributed by atoms with van der Waals surface area (Å²) >= 11 is 0.483. The van der Waals surface area contributed by atoms with E-state index in [1.807, 2.05) is 26.8 Å². The highest BCUT2D eigenvalue weighted by Crippen LogP contribution is 2.42. The van der Waals surface area contributed by atoms with Crippen molar-refractivity contribution in [1.29, 1.82) is 0 Å². The van der Waals surface area contributed by atoms with Crippen LogP contribution in [0, 0.1) is 0 Å². The molecule has 6 rings (SSSR count). The summed E-state index contributed by atoms with van der Waals surface area (Å²) in [6, 6.07) is 51.4. The lowest BCUT2D eigenvalue weighted by Gasteiger charge is -2.29. The van der Waals surface area contributed by atoms with Gasteiger partial charge in [0.15, 0.2) is 0 Å². The predicted octanol–water partition coefficient (Wildman–Crippen LogP) is 8.63. The summed E-state index contributed by atoms with van der Waals surface area (Å²) in [6.07, 6.45) is 1.86. The highest BCUT2D eigenvalue weighted by atomic mass is 32.2. The van der Waals surface area contributed by atoms with E-state index in [0.717, 1.165) is 18.1 Å². The molecule has 2 atom stereocenters. The number of aromatic nitrogens is 1. The van der Waals surface area contributed by atoms with E-state index in [-0.39, 0.29) is 14.5 Å². The van der Waals surface area contributed by atoms with E-state index >= 15 is 0 Å². The van der Waals surface area contributed by atoms with E-state index in [4.69, 9.17) is 0 Å². The van der Waals surface area contributed by atoms with E-state index < -0.39 is 24.0 Å². The molecule has 0 fully saturated rings. The third kappa shape index (κ3) is 7.82. The molecule has 7 heteroatoms. The van der Waals surface area contributed by atoms with Gasteiger partial charge in [-0.2, -0.15) is 0 Å². The van der Waals surface area contributed by atoms with Crippen LogP contribution in [0.15, 0.2) is 150 Å². The summed E-state index contributed by atoms with van der Waals surface area (Å²) in [4.78, 5) is 1.18. The zero-order valence-corrected chi connectivity index (χ0v) is 29.1. The van der Waals surface area contributed by atoms with Crippen LogP contribution in [0.4, 0.5) is 0 Å². The Bertz CT molecular complexity index is 1770. The zero-order valence-electron chi connectivity index (χ0n) is 26.5. The number of para-hydroxylation sites is 1. The van der Waals surface area contributed by atoms with Crippen molar-refractivity contribution in [2.75, 3.05) is 6.16 Å². The van der Waals surface area contributed by atoms with Gasteiger partial charge in [0, 0.05) is 41.3 Å². The first-order chi connectivity index (χ1) is 21.9. The molecule has 0 saturated heterocycles. The van der Waals surface area contributed by atoms with E-state index in [1.54, 1.807) is 11.9 Å². The van der Waals surface area contributed by atoms with Crippen molar-refractivity contribution in [2.24, 2.45) is 0 Å². The average Bonchev–Trinajstić information content (AvgIpc) is 3.37. The minimum atomic E-state index is -1.28. The van der Waals surface area contributed by atoms with Crippen LogP contribution < -0.4 is 15.3 Å². The summed E-state index contributed by atoms with van der Waals surface area (Å²) < 4.78 is 19.4. The molecular weight excluding hydrogens is 618 g/mol. The van der Waals surface area contributed by atoms with Gasteiger partial charge in [0.05, 0.1) is 5.52 Å². The molecule has 0 bridgehead atoms. The van der Waals surface area contributed by atoms with Crippen molar-refractivity contribution >= 4 is 61.2 Å². The van der Waals surface area contributed by atoms with Gasteiger partial charge >= 0.3 is 0 Å². The Morgan fingerprint density at radius 2 is 1.22 bits per heavy atom. The summed E-state index contributed by atoms with van der Waals surface area (Å²) in [5, 5.41) is 3.95. The van der Waals surface area contributed by atoms with Crippen molar-refractivity contribution < 1.29 is 4.55 Å². The Morgan fingerprint density at radius 3 is 1.78 bits per heavy atom. The molecule has 0 amide bonds. The Balaban J connectivity index is 0.00000417. The number of rotatable bonds is 11. The van der Waals surface area contributed by atoms with E-state index in [2.05, 4.69) is 148 Å². The van der Waals surface area contributed by atoms with E-state index in [0.29, 0.717) is 0 Å². The first-order valence-corrected chi connectivity index (χ1v) is 18.8. The number of benzene rings is 5. The summed E-state index contributed by atoms with van der Waals surface area (Å²) in [6.45, 7) is 6.08. The fraction of sp³-hybridized carbons (Fsp3) is 0.179. The van der Waals surface area contributed by atoms with Crippen LogP contribution in [-0.4, -0.2) is 27.8 Å². The minimum Gasteiger partial charge on any atom is -0.598 e. The number of hydrogen-bond donors (Lipinski definition) is 1. The molecule has 0 aliphatic heterocycles. The lowest BCUT2D eigenvalue weighted by atomic mass is 9.96. The van der Waals surface area contributed by atoms with Crippen molar-refractivity contribution in [3.8, 4) is 0 Å². The van der Waals surface area contributed by atoms with Crippen LogP contribution in [0.2, 0.25) is 0 Å².